The van der Waals surface area contributed by atoms with Crippen molar-refractivity contribution in [2.45, 2.75) is 47.5 Å². The molecule has 0 bridgehead atoms. The molecule has 5 nitrogen and oxygen atoms in total. The molecule has 0 aromatic heterocycles. The van der Waals surface area contributed by atoms with Crippen LogP contribution in [0.15, 0.2) is 77.9 Å². The van der Waals surface area contributed by atoms with Crippen LogP contribution >= 0.6 is 0 Å². The van der Waals surface area contributed by atoms with E-state index < -0.39 is 5.41 Å². The first-order chi connectivity index (χ1) is 18.2. The van der Waals surface area contributed by atoms with Crippen LogP contribution in [0.3, 0.4) is 0 Å². The smallest absolute Gasteiger partial charge is 0.316 e. The quantitative estimate of drug-likeness (QED) is 0.235. The van der Waals surface area contributed by atoms with Gasteiger partial charge in [0.25, 0.3) is 0 Å². The number of hydrogen-bond donors (Lipinski definition) is 1. The third-order valence-electron chi connectivity index (χ3n) is 6.88. The Labute approximate surface area is 229 Å². The van der Waals surface area contributed by atoms with E-state index in [-0.39, 0.29) is 12.6 Å². The van der Waals surface area contributed by atoms with Crippen LogP contribution in [0.5, 0.6) is 5.75 Å². The fraction of sp³-hybridized carbons (Fsp3) is 0.424. The summed E-state index contributed by atoms with van der Waals surface area (Å²) in [5, 5.41) is 9.69. The van der Waals surface area contributed by atoms with Crippen LogP contribution in [0.25, 0.3) is 5.57 Å². The average molecular weight is 517 g/mol. The maximum absolute atomic E-state index is 12.4. The molecule has 0 radical (unpaired) electrons. The van der Waals surface area contributed by atoms with Crippen molar-refractivity contribution in [3.05, 3.63) is 89.0 Å². The van der Waals surface area contributed by atoms with Gasteiger partial charge in [-0.3, -0.25) is 4.79 Å². The summed E-state index contributed by atoms with van der Waals surface area (Å²) in [6.07, 6.45) is 7.73. The molecule has 0 unspecified atom stereocenters. The molecule has 1 aliphatic heterocycles. The van der Waals surface area contributed by atoms with Gasteiger partial charge in [-0.25, -0.2) is 0 Å². The maximum atomic E-state index is 12.4. The Balaban J connectivity index is 2.07. The highest BCUT2D eigenvalue weighted by Gasteiger charge is 2.24. The van der Waals surface area contributed by atoms with E-state index >= 15 is 0 Å². The first kappa shape index (κ1) is 29.4. The van der Waals surface area contributed by atoms with Crippen LogP contribution in [0, 0.1) is 5.41 Å². The fourth-order valence-electron chi connectivity index (χ4n) is 4.59. The van der Waals surface area contributed by atoms with Crippen LogP contribution < -0.4 is 9.64 Å². The third kappa shape index (κ3) is 7.68. The van der Waals surface area contributed by atoms with Crippen molar-refractivity contribution in [3.8, 4) is 5.75 Å². The zero-order valence-corrected chi connectivity index (χ0v) is 24.0. The lowest BCUT2D eigenvalue weighted by Crippen LogP contribution is -2.44. The van der Waals surface area contributed by atoms with E-state index in [2.05, 4.69) is 66.3 Å². The van der Waals surface area contributed by atoms with Crippen LogP contribution in [0.1, 0.15) is 58.6 Å². The summed E-state index contributed by atoms with van der Waals surface area (Å²) < 4.78 is 5.62. The predicted molar refractivity (Wildman–Crippen MR) is 159 cm³/mol. The van der Waals surface area contributed by atoms with Gasteiger partial charge in [-0.1, -0.05) is 42.5 Å². The number of aliphatic hydroxyl groups is 1. The number of piperazine rings is 1. The number of rotatable bonds is 9. The summed E-state index contributed by atoms with van der Waals surface area (Å²) in [5.74, 6) is 0.281. The van der Waals surface area contributed by atoms with Gasteiger partial charge >= 0.3 is 5.97 Å². The summed E-state index contributed by atoms with van der Waals surface area (Å²) in [7, 11) is 2.17. The summed E-state index contributed by atoms with van der Waals surface area (Å²) in [6.45, 7) is 14.0. The molecular formula is C33H44N2O3. The van der Waals surface area contributed by atoms with Gasteiger partial charge < -0.3 is 19.6 Å². The van der Waals surface area contributed by atoms with Crippen LogP contribution in [0.2, 0.25) is 0 Å². The Bertz CT molecular complexity index is 1140. The van der Waals surface area contributed by atoms with Crippen LogP contribution in [0.4, 0.5) is 5.69 Å². The van der Waals surface area contributed by atoms with Gasteiger partial charge in [-0.05, 0) is 107 Å². The Hall–Kier alpha value is -3.15. The topological polar surface area (TPSA) is 53.0 Å². The first-order valence-electron chi connectivity index (χ1n) is 13.7. The van der Waals surface area contributed by atoms with Gasteiger partial charge in [0.2, 0.25) is 0 Å². The molecule has 2 aromatic rings. The van der Waals surface area contributed by atoms with E-state index in [1.807, 2.05) is 52.0 Å². The third-order valence-corrected chi connectivity index (χ3v) is 6.88. The van der Waals surface area contributed by atoms with Crippen molar-refractivity contribution in [1.82, 2.24) is 4.90 Å². The van der Waals surface area contributed by atoms with E-state index in [4.69, 9.17) is 4.74 Å². The number of likely N-dealkylation sites (N-methyl/N-ethyl adjacent to an activating group) is 1. The molecule has 3 rings (SSSR count). The van der Waals surface area contributed by atoms with Gasteiger partial charge in [-0.2, -0.15) is 0 Å². The molecule has 0 atom stereocenters. The second kappa shape index (κ2) is 13.6. The van der Waals surface area contributed by atoms with E-state index in [0.717, 1.165) is 54.9 Å². The van der Waals surface area contributed by atoms with Gasteiger partial charge in [-0.15, -0.1) is 0 Å². The lowest BCUT2D eigenvalue weighted by molar-refractivity contribution is -0.143. The monoisotopic (exact) mass is 516 g/mol. The summed E-state index contributed by atoms with van der Waals surface area (Å²) in [6, 6.07) is 16.6. The van der Waals surface area contributed by atoms with E-state index in [9.17, 15) is 9.90 Å². The maximum Gasteiger partial charge on any atom is 0.316 e. The number of benzene rings is 2. The highest BCUT2D eigenvalue weighted by atomic mass is 16.5. The summed E-state index contributed by atoms with van der Waals surface area (Å²) >= 11 is 0. The molecule has 0 saturated carbocycles. The number of hydrogen-bond acceptors (Lipinski definition) is 5. The number of allylic oxidation sites excluding steroid dienone is 5. The molecule has 2 aromatic carbocycles. The first-order valence-corrected chi connectivity index (χ1v) is 13.7. The number of nitrogens with zero attached hydrogens (tertiary/aromatic N) is 2. The molecule has 1 aliphatic rings. The minimum atomic E-state index is -0.569. The zero-order chi connectivity index (χ0) is 27.7. The van der Waals surface area contributed by atoms with Crippen LogP contribution in [-0.4, -0.2) is 55.8 Å². The molecule has 0 amide bonds. The lowest BCUT2D eigenvalue weighted by atomic mass is 9.86. The molecule has 1 heterocycles. The average Bonchev–Trinajstić information content (AvgIpc) is 2.91. The SMILES string of the molecule is C\C=C/C(=C\C)C(/CCCO)=C(/c1ccc(OC(=O)C(C)(C)C)cc1)c1ccc(N2CCN(C)CC2)cc1. The van der Waals surface area contributed by atoms with Crippen molar-refractivity contribution in [3.63, 3.8) is 0 Å². The van der Waals surface area contributed by atoms with Gasteiger partial charge in [0, 0.05) is 38.5 Å². The normalized spacial score (nSPS) is 16.1. The molecule has 0 aliphatic carbocycles. The van der Waals surface area contributed by atoms with Crippen molar-refractivity contribution < 1.29 is 14.6 Å². The molecule has 1 fully saturated rings. The number of aliphatic hydroxyl groups excluding tert-OH is 1. The van der Waals surface area contributed by atoms with Crippen molar-refractivity contribution in [1.29, 1.82) is 0 Å². The van der Waals surface area contributed by atoms with E-state index in [1.165, 1.54) is 11.3 Å². The molecular weight excluding hydrogens is 472 g/mol. The Morgan fingerprint density at radius 2 is 1.53 bits per heavy atom. The summed E-state index contributed by atoms with van der Waals surface area (Å²) in [4.78, 5) is 17.2. The minimum Gasteiger partial charge on any atom is -0.426 e. The molecule has 1 N–H and O–H groups in total. The second-order valence-electron chi connectivity index (χ2n) is 10.9. The van der Waals surface area contributed by atoms with Gasteiger partial charge in [0.1, 0.15) is 5.75 Å². The molecule has 38 heavy (non-hydrogen) atoms. The number of esters is 1. The fourth-order valence-corrected chi connectivity index (χ4v) is 4.59. The Morgan fingerprint density at radius 3 is 2.03 bits per heavy atom. The molecule has 204 valence electrons. The standard InChI is InChI=1S/C33H44N2O3/c1-7-10-25(8-2)30(11-9-24-36)31(27-14-18-29(19-15-27)38-32(37)33(3,4)5)26-12-16-28(17-13-26)35-22-20-34(6)21-23-35/h7-8,10,12-19,36H,9,11,20-24H2,1-6H3/b10-7-,25-8+,31-30+. The second-order valence-corrected chi connectivity index (χ2v) is 10.9. The minimum absolute atomic E-state index is 0.133. The Morgan fingerprint density at radius 1 is 0.947 bits per heavy atom. The Kier molecular flexibility index (Phi) is 10.5. The van der Waals surface area contributed by atoms with E-state index in [1.54, 1.807) is 0 Å². The zero-order valence-electron chi connectivity index (χ0n) is 24.0. The van der Waals surface area contributed by atoms with Gasteiger partial charge in [0.15, 0.2) is 0 Å². The number of anilines is 1. The lowest BCUT2D eigenvalue weighted by Gasteiger charge is -2.34. The van der Waals surface area contributed by atoms with Crippen molar-refractivity contribution in [2.24, 2.45) is 5.41 Å². The molecule has 0 spiro atoms. The summed E-state index contributed by atoms with van der Waals surface area (Å²) in [5.41, 5.74) is 6.29. The molecule has 5 heteroatoms. The highest BCUT2D eigenvalue weighted by molar-refractivity contribution is 5.86. The number of carbonyl (C=O) groups is 1. The van der Waals surface area contributed by atoms with E-state index in [0.29, 0.717) is 12.2 Å². The number of carbonyl (C=O) groups excluding carboxylic acids is 1. The van der Waals surface area contributed by atoms with Gasteiger partial charge in [0.05, 0.1) is 5.41 Å². The highest BCUT2D eigenvalue weighted by Crippen LogP contribution is 2.35. The van der Waals surface area contributed by atoms with Crippen molar-refractivity contribution >= 4 is 17.2 Å². The van der Waals surface area contributed by atoms with Crippen molar-refractivity contribution in [2.75, 3.05) is 44.7 Å². The predicted octanol–water partition coefficient (Wildman–Crippen LogP) is 6.49. The van der Waals surface area contributed by atoms with Crippen LogP contribution in [-0.2, 0) is 4.79 Å². The number of ether oxygens (including phenoxy) is 1. The molecule has 1 saturated heterocycles. The largest absolute Gasteiger partial charge is 0.426 e.